The van der Waals surface area contributed by atoms with Gasteiger partial charge in [0.1, 0.15) is 27.9 Å². The topological polar surface area (TPSA) is 53.4 Å². The lowest BCUT2D eigenvalue weighted by Gasteiger charge is -2.05. The van der Waals surface area contributed by atoms with E-state index in [1.807, 2.05) is 31.2 Å². The lowest BCUT2D eigenvalue weighted by molar-refractivity contribution is 0.0478. The van der Waals surface area contributed by atoms with Gasteiger partial charge in [0.25, 0.3) is 0 Å². The van der Waals surface area contributed by atoms with Crippen LogP contribution in [0.4, 0.5) is 4.39 Å². The van der Waals surface area contributed by atoms with Crippen molar-refractivity contribution in [3.05, 3.63) is 76.5 Å². The van der Waals surface area contributed by atoms with Gasteiger partial charge in [0.15, 0.2) is 0 Å². The highest BCUT2D eigenvalue weighted by atomic mass is 32.1. The molecular weight excluding hydrogens is 379 g/mol. The quantitative estimate of drug-likeness (QED) is 0.450. The Kier molecular flexibility index (Phi) is 4.83. The van der Waals surface area contributed by atoms with Crippen LogP contribution < -0.4 is 4.74 Å². The molecule has 0 aliphatic carbocycles. The van der Waals surface area contributed by atoms with Crippen LogP contribution in [0.1, 0.15) is 20.9 Å². The first-order chi connectivity index (χ1) is 13.5. The van der Waals surface area contributed by atoms with E-state index in [-0.39, 0.29) is 18.4 Å². The summed E-state index contributed by atoms with van der Waals surface area (Å²) in [6, 6.07) is 15.2. The SMILES string of the molecule is COc1ccc(COC(=O)c2cc3c(C)nn(-c4ccc(F)cc4)c3s2)cc1. The summed E-state index contributed by atoms with van der Waals surface area (Å²) in [5.41, 5.74) is 2.41. The van der Waals surface area contributed by atoms with Crippen LogP contribution in [0.25, 0.3) is 15.9 Å². The normalized spacial score (nSPS) is 11.0. The van der Waals surface area contributed by atoms with E-state index in [0.29, 0.717) is 4.88 Å². The van der Waals surface area contributed by atoms with Gasteiger partial charge in [-0.1, -0.05) is 12.1 Å². The molecule has 0 saturated heterocycles. The number of hydrogen-bond acceptors (Lipinski definition) is 5. The fraction of sp³-hybridized carbons (Fsp3) is 0.143. The molecule has 0 bridgehead atoms. The maximum atomic E-state index is 13.2. The predicted molar refractivity (Wildman–Crippen MR) is 106 cm³/mol. The van der Waals surface area contributed by atoms with Crippen LogP contribution in [0.3, 0.4) is 0 Å². The molecule has 0 N–H and O–H groups in total. The maximum absolute atomic E-state index is 13.2. The van der Waals surface area contributed by atoms with Crippen LogP contribution in [-0.4, -0.2) is 22.9 Å². The van der Waals surface area contributed by atoms with Gasteiger partial charge in [-0.05, 0) is 55.0 Å². The van der Waals surface area contributed by atoms with Crippen molar-refractivity contribution in [3.63, 3.8) is 0 Å². The lowest BCUT2D eigenvalue weighted by Crippen LogP contribution is -2.03. The summed E-state index contributed by atoms with van der Waals surface area (Å²) in [6.07, 6.45) is 0. The molecule has 4 aromatic rings. The minimum atomic E-state index is -0.387. The third kappa shape index (κ3) is 3.48. The third-order valence-electron chi connectivity index (χ3n) is 4.35. The number of aryl methyl sites for hydroxylation is 1. The highest BCUT2D eigenvalue weighted by Crippen LogP contribution is 2.31. The Balaban J connectivity index is 1.56. The first-order valence-corrected chi connectivity index (χ1v) is 9.42. The smallest absolute Gasteiger partial charge is 0.348 e. The zero-order valence-electron chi connectivity index (χ0n) is 15.3. The number of rotatable bonds is 5. The fourth-order valence-electron chi connectivity index (χ4n) is 2.85. The van der Waals surface area contributed by atoms with E-state index in [4.69, 9.17) is 9.47 Å². The molecule has 0 atom stereocenters. The number of hydrogen-bond donors (Lipinski definition) is 0. The van der Waals surface area contributed by atoms with Crippen molar-refractivity contribution in [2.24, 2.45) is 0 Å². The van der Waals surface area contributed by atoms with Crippen molar-refractivity contribution < 1.29 is 18.7 Å². The summed E-state index contributed by atoms with van der Waals surface area (Å²) < 4.78 is 25.5. The molecule has 0 amide bonds. The van der Waals surface area contributed by atoms with Crippen LogP contribution in [0, 0.1) is 12.7 Å². The first kappa shape index (κ1) is 18.2. The second-order valence-corrected chi connectivity index (χ2v) is 7.26. The van der Waals surface area contributed by atoms with Crippen LogP contribution in [-0.2, 0) is 11.3 Å². The molecule has 0 aliphatic heterocycles. The largest absolute Gasteiger partial charge is 0.497 e. The summed E-state index contributed by atoms with van der Waals surface area (Å²) in [7, 11) is 1.60. The van der Waals surface area contributed by atoms with Gasteiger partial charge in [-0.25, -0.2) is 13.9 Å². The van der Waals surface area contributed by atoms with Gasteiger partial charge in [-0.3, -0.25) is 0 Å². The van der Waals surface area contributed by atoms with Crippen molar-refractivity contribution in [2.45, 2.75) is 13.5 Å². The molecule has 4 rings (SSSR count). The number of aromatic nitrogens is 2. The molecule has 0 spiro atoms. The number of methoxy groups -OCH3 is 1. The summed E-state index contributed by atoms with van der Waals surface area (Å²) in [5, 5.41) is 5.38. The van der Waals surface area contributed by atoms with Crippen molar-refractivity contribution in [3.8, 4) is 11.4 Å². The van der Waals surface area contributed by atoms with Gasteiger partial charge in [0.2, 0.25) is 0 Å². The Morgan fingerprint density at radius 2 is 1.86 bits per heavy atom. The first-order valence-electron chi connectivity index (χ1n) is 8.60. The van der Waals surface area contributed by atoms with E-state index in [0.717, 1.165) is 32.9 Å². The highest BCUT2D eigenvalue weighted by molar-refractivity contribution is 7.20. The molecule has 5 nitrogen and oxygen atoms in total. The standard InChI is InChI=1S/C21H17FN2O3S/c1-13-18-11-19(21(25)27-12-14-3-9-17(26-2)10-4-14)28-20(18)24(23-13)16-7-5-15(22)6-8-16/h3-11H,12H2,1-2H3. The van der Waals surface area contributed by atoms with Crippen LogP contribution in [0.5, 0.6) is 5.75 Å². The van der Waals surface area contributed by atoms with Crippen LogP contribution >= 0.6 is 11.3 Å². The maximum Gasteiger partial charge on any atom is 0.348 e. The molecule has 2 aromatic carbocycles. The van der Waals surface area contributed by atoms with Gasteiger partial charge in [0.05, 0.1) is 18.5 Å². The number of thiophene rings is 1. The number of halogens is 1. The summed E-state index contributed by atoms with van der Waals surface area (Å²) in [5.74, 6) is 0.0559. The molecule has 28 heavy (non-hydrogen) atoms. The minimum Gasteiger partial charge on any atom is -0.497 e. The van der Waals surface area contributed by atoms with E-state index >= 15 is 0 Å². The number of carbonyl (C=O) groups is 1. The van der Waals surface area contributed by atoms with Crippen LogP contribution in [0.2, 0.25) is 0 Å². The van der Waals surface area contributed by atoms with Gasteiger partial charge in [0, 0.05) is 5.39 Å². The number of esters is 1. The van der Waals surface area contributed by atoms with Crippen molar-refractivity contribution >= 4 is 27.5 Å². The second-order valence-electron chi connectivity index (χ2n) is 6.23. The molecule has 7 heteroatoms. The summed E-state index contributed by atoms with van der Waals surface area (Å²) in [6.45, 7) is 2.06. The second kappa shape index (κ2) is 7.44. The third-order valence-corrected chi connectivity index (χ3v) is 5.44. The average Bonchev–Trinajstić information content (AvgIpc) is 3.28. The fourth-order valence-corrected chi connectivity index (χ4v) is 3.92. The molecule has 0 saturated carbocycles. The number of carbonyl (C=O) groups excluding carboxylic acids is 1. The zero-order chi connectivity index (χ0) is 19.7. The van der Waals surface area contributed by atoms with E-state index in [2.05, 4.69) is 5.10 Å². The Labute approximate surface area is 164 Å². The van der Waals surface area contributed by atoms with Crippen molar-refractivity contribution in [1.29, 1.82) is 0 Å². The molecule has 0 aliphatic rings. The number of fused-ring (bicyclic) bond motifs is 1. The van der Waals surface area contributed by atoms with E-state index < -0.39 is 0 Å². The Hall–Kier alpha value is -3.19. The minimum absolute atomic E-state index is 0.181. The lowest BCUT2D eigenvalue weighted by atomic mass is 10.2. The Bertz CT molecular complexity index is 1130. The number of benzene rings is 2. The molecule has 2 aromatic heterocycles. The molecule has 0 fully saturated rings. The van der Waals surface area contributed by atoms with Crippen molar-refractivity contribution in [2.75, 3.05) is 7.11 Å². The van der Waals surface area contributed by atoms with Gasteiger partial charge in [-0.2, -0.15) is 5.10 Å². The monoisotopic (exact) mass is 396 g/mol. The molecule has 0 unspecified atom stereocenters. The highest BCUT2D eigenvalue weighted by Gasteiger charge is 2.18. The summed E-state index contributed by atoms with van der Waals surface area (Å²) in [4.78, 5) is 13.8. The number of nitrogens with zero attached hydrogens (tertiary/aromatic N) is 2. The van der Waals surface area contributed by atoms with Gasteiger partial charge in [-0.15, -0.1) is 11.3 Å². The van der Waals surface area contributed by atoms with E-state index in [1.54, 1.807) is 30.0 Å². The van der Waals surface area contributed by atoms with Gasteiger partial charge >= 0.3 is 5.97 Å². The van der Waals surface area contributed by atoms with Gasteiger partial charge < -0.3 is 9.47 Å². The van der Waals surface area contributed by atoms with Crippen molar-refractivity contribution in [1.82, 2.24) is 9.78 Å². The van der Waals surface area contributed by atoms with Crippen LogP contribution in [0.15, 0.2) is 54.6 Å². The zero-order valence-corrected chi connectivity index (χ0v) is 16.1. The molecule has 2 heterocycles. The Morgan fingerprint density at radius 1 is 1.14 bits per heavy atom. The Morgan fingerprint density at radius 3 is 2.54 bits per heavy atom. The van der Waals surface area contributed by atoms with E-state index in [9.17, 15) is 9.18 Å². The number of ether oxygens (including phenoxy) is 2. The average molecular weight is 396 g/mol. The molecule has 142 valence electrons. The molecule has 0 radical (unpaired) electrons. The predicted octanol–water partition coefficient (Wildman–Crippen LogP) is 4.90. The molecular formula is C21H17FN2O3S. The summed E-state index contributed by atoms with van der Waals surface area (Å²) >= 11 is 1.31. The van der Waals surface area contributed by atoms with E-state index in [1.165, 1.54) is 23.5 Å².